The van der Waals surface area contributed by atoms with Crippen molar-refractivity contribution in [1.29, 1.82) is 0 Å². The predicted octanol–water partition coefficient (Wildman–Crippen LogP) is 2.14. The van der Waals surface area contributed by atoms with E-state index >= 15 is 0 Å². The molecule has 0 unspecified atom stereocenters. The van der Waals surface area contributed by atoms with E-state index in [4.69, 9.17) is 19.4 Å². The molecule has 0 bridgehead atoms. The number of carbonyl (C=O) groups excluding carboxylic acids is 1. The van der Waals surface area contributed by atoms with Crippen LogP contribution in [-0.2, 0) is 0 Å². The number of rotatable bonds is 3. The number of anilines is 2. The van der Waals surface area contributed by atoms with Gasteiger partial charge in [-0.15, -0.1) is 0 Å². The van der Waals surface area contributed by atoms with Crippen LogP contribution in [0.1, 0.15) is 10.4 Å². The summed E-state index contributed by atoms with van der Waals surface area (Å²) in [4.78, 5) is 16.9. The van der Waals surface area contributed by atoms with Crippen LogP contribution in [0.25, 0.3) is 0 Å². The molecule has 2 aromatic rings. The molecule has 3 rings (SSSR count). The molecule has 4 nitrogen and oxygen atoms in total. The minimum atomic E-state index is -0.165. The summed E-state index contributed by atoms with van der Waals surface area (Å²) in [6.07, 6.45) is 0. The fourth-order valence-electron chi connectivity index (χ4n) is 2.72. The number of benzene rings is 2. The summed E-state index contributed by atoms with van der Waals surface area (Å²) in [6.45, 7) is 3.84. The minimum Gasteiger partial charge on any atom is -0.368 e. The lowest BCUT2D eigenvalue weighted by molar-refractivity contribution is 0.102. The van der Waals surface area contributed by atoms with Crippen LogP contribution in [0.2, 0.25) is 5.02 Å². The highest BCUT2D eigenvalue weighted by atomic mass is 35.5. The number of hydrogen-bond acceptors (Lipinski definition) is 3. The standard InChI is InChI=1S/C18H19BClN3O/c1-22-8-10-23(11-9-22)17-12-15(6-7-16(17)20)21-18(24)13-2-4-14(19)5-3-13/h2-7,12H,8-11H2,1H3,(H,21,24). The van der Waals surface area contributed by atoms with Gasteiger partial charge >= 0.3 is 0 Å². The lowest BCUT2D eigenvalue weighted by Crippen LogP contribution is -2.44. The number of nitrogens with zero attached hydrogens (tertiary/aromatic N) is 2. The monoisotopic (exact) mass is 339 g/mol. The molecule has 6 heteroatoms. The molecule has 1 aliphatic heterocycles. The van der Waals surface area contributed by atoms with Crippen LogP contribution in [0.5, 0.6) is 0 Å². The van der Waals surface area contributed by atoms with Gasteiger partial charge < -0.3 is 15.1 Å². The SMILES string of the molecule is [B]c1ccc(C(=O)Nc2ccc(Cl)c(N3CCN(C)CC3)c2)cc1. The van der Waals surface area contributed by atoms with Gasteiger partial charge in [0, 0.05) is 37.4 Å². The second-order valence-corrected chi connectivity index (χ2v) is 6.44. The molecule has 0 atom stereocenters. The first-order chi connectivity index (χ1) is 11.5. The van der Waals surface area contributed by atoms with Crippen molar-refractivity contribution in [2.45, 2.75) is 0 Å². The summed E-state index contributed by atoms with van der Waals surface area (Å²) in [5.74, 6) is -0.165. The summed E-state index contributed by atoms with van der Waals surface area (Å²) in [5, 5.41) is 3.62. The molecule has 24 heavy (non-hydrogen) atoms. The number of amides is 1. The van der Waals surface area contributed by atoms with Gasteiger partial charge in [-0.05, 0) is 25.2 Å². The van der Waals surface area contributed by atoms with Crippen LogP contribution in [0.3, 0.4) is 0 Å². The van der Waals surface area contributed by atoms with E-state index in [2.05, 4.69) is 22.2 Å². The van der Waals surface area contributed by atoms with Crippen molar-refractivity contribution in [3.8, 4) is 0 Å². The molecule has 1 saturated heterocycles. The molecule has 1 fully saturated rings. The van der Waals surface area contributed by atoms with E-state index < -0.39 is 0 Å². The molecule has 0 saturated carbocycles. The van der Waals surface area contributed by atoms with Crippen molar-refractivity contribution in [3.63, 3.8) is 0 Å². The van der Waals surface area contributed by atoms with Crippen LogP contribution in [0.4, 0.5) is 11.4 Å². The molecule has 2 radical (unpaired) electrons. The van der Waals surface area contributed by atoms with Gasteiger partial charge in [-0.25, -0.2) is 0 Å². The number of carbonyl (C=O) groups is 1. The van der Waals surface area contributed by atoms with Crippen molar-refractivity contribution in [2.75, 3.05) is 43.4 Å². The van der Waals surface area contributed by atoms with Crippen LogP contribution in [0.15, 0.2) is 42.5 Å². The summed E-state index contributed by atoms with van der Waals surface area (Å²) >= 11 is 6.36. The quantitative estimate of drug-likeness (QED) is 0.870. The summed E-state index contributed by atoms with van der Waals surface area (Å²) in [7, 11) is 7.77. The summed E-state index contributed by atoms with van der Waals surface area (Å²) in [5.41, 5.74) is 2.89. The molecular weight excluding hydrogens is 320 g/mol. The van der Waals surface area contributed by atoms with E-state index in [1.54, 1.807) is 24.3 Å². The van der Waals surface area contributed by atoms with Gasteiger partial charge in [0.2, 0.25) is 0 Å². The maximum Gasteiger partial charge on any atom is 0.255 e. The van der Waals surface area contributed by atoms with E-state index in [9.17, 15) is 4.79 Å². The molecule has 1 heterocycles. The van der Waals surface area contributed by atoms with Crippen LogP contribution >= 0.6 is 11.6 Å². The minimum absolute atomic E-state index is 0.165. The van der Waals surface area contributed by atoms with Gasteiger partial charge in [0.05, 0.1) is 10.7 Å². The maximum absolute atomic E-state index is 12.3. The van der Waals surface area contributed by atoms with Gasteiger partial charge in [-0.2, -0.15) is 0 Å². The smallest absolute Gasteiger partial charge is 0.255 e. The zero-order valence-electron chi connectivity index (χ0n) is 13.6. The number of halogens is 1. The Kier molecular flexibility index (Phi) is 5.12. The molecule has 0 aromatic heterocycles. The van der Waals surface area contributed by atoms with Gasteiger partial charge in [0.25, 0.3) is 5.91 Å². The number of nitrogens with one attached hydrogen (secondary N) is 1. The lowest BCUT2D eigenvalue weighted by Gasteiger charge is -2.34. The Morgan fingerprint density at radius 2 is 1.75 bits per heavy atom. The third-order valence-corrected chi connectivity index (χ3v) is 4.54. The molecular formula is C18H19BClN3O. The van der Waals surface area contributed by atoms with E-state index in [1.807, 2.05) is 18.2 Å². The van der Waals surface area contributed by atoms with Crippen molar-refractivity contribution in [1.82, 2.24) is 4.90 Å². The Bertz CT molecular complexity index is 728. The van der Waals surface area contributed by atoms with E-state index in [-0.39, 0.29) is 5.91 Å². The zero-order chi connectivity index (χ0) is 17.1. The Morgan fingerprint density at radius 1 is 1.08 bits per heavy atom. The Labute approximate surface area is 148 Å². The fraction of sp³-hybridized carbons (Fsp3) is 0.278. The largest absolute Gasteiger partial charge is 0.368 e. The van der Waals surface area contributed by atoms with Crippen molar-refractivity contribution in [2.24, 2.45) is 0 Å². The second kappa shape index (κ2) is 7.28. The average molecular weight is 340 g/mol. The number of hydrogen-bond donors (Lipinski definition) is 1. The van der Waals surface area contributed by atoms with Crippen molar-refractivity contribution >= 4 is 42.2 Å². The lowest BCUT2D eigenvalue weighted by atomic mass is 9.95. The Morgan fingerprint density at radius 3 is 2.42 bits per heavy atom. The van der Waals surface area contributed by atoms with E-state index in [0.29, 0.717) is 16.0 Å². The maximum atomic E-state index is 12.3. The molecule has 1 N–H and O–H groups in total. The van der Waals surface area contributed by atoms with Gasteiger partial charge in [0.1, 0.15) is 7.85 Å². The first-order valence-corrected chi connectivity index (χ1v) is 8.30. The van der Waals surface area contributed by atoms with Crippen LogP contribution in [0, 0.1) is 0 Å². The van der Waals surface area contributed by atoms with Gasteiger partial charge in [-0.3, -0.25) is 4.79 Å². The highest BCUT2D eigenvalue weighted by molar-refractivity contribution is 6.33. The highest BCUT2D eigenvalue weighted by Crippen LogP contribution is 2.30. The number of piperazine rings is 1. The Hall–Kier alpha value is -1.98. The highest BCUT2D eigenvalue weighted by Gasteiger charge is 2.17. The third kappa shape index (κ3) is 3.92. The zero-order valence-corrected chi connectivity index (χ0v) is 14.4. The normalized spacial score (nSPS) is 15.3. The molecule has 122 valence electrons. The third-order valence-electron chi connectivity index (χ3n) is 4.22. The molecule has 0 aliphatic carbocycles. The second-order valence-electron chi connectivity index (χ2n) is 6.03. The van der Waals surface area contributed by atoms with Crippen LogP contribution in [-0.4, -0.2) is 51.9 Å². The fourth-order valence-corrected chi connectivity index (χ4v) is 2.95. The van der Waals surface area contributed by atoms with E-state index in [1.165, 1.54) is 0 Å². The molecule has 1 amide bonds. The summed E-state index contributed by atoms with van der Waals surface area (Å²) in [6, 6.07) is 12.4. The topological polar surface area (TPSA) is 35.6 Å². The molecule has 1 aliphatic rings. The molecule has 2 aromatic carbocycles. The number of likely N-dealkylation sites (N-methyl/N-ethyl adjacent to an activating group) is 1. The first kappa shape index (κ1) is 16.9. The first-order valence-electron chi connectivity index (χ1n) is 7.93. The van der Waals surface area contributed by atoms with Crippen molar-refractivity contribution < 1.29 is 4.79 Å². The van der Waals surface area contributed by atoms with Crippen molar-refractivity contribution in [3.05, 3.63) is 53.1 Å². The average Bonchev–Trinajstić information content (AvgIpc) is 2.58. The van der Waals surface area contributed by atoms with Gasteiger partial charge in [0.15, 0.2) is 0 Å². The molecule has 0 spiro atoms. The predicted molar refractivity (Wildman–Crippen MR) is 101 cm³/mol. The van der Waals surface area contributed by atoms with Crippen LogP contribution < -0.4 is 15.7 Å². The van der Waals surface area contributed by atoms with E-state index in [0.717, 1.165) is 37.6 Å². The summed E-state index contributed by atoms with van der Waals surface area (Å²) < 4.78 is 0. The van der Waals surface area contributed by atoms with Gasteiger partial charge in [-0.1, -0.05) is 41.3 Å². The Balaban J connectivity index is 1.75.